The van der Waals surface area contributed by atoms with Crippen molar-refractivity contribution in [1.29, 1.82) is 0 Å². The van der Waals surface area contributed by atoms with E-state index >= 15 is 0 Å². The van der Waals surface area contributed by atoms with Crippen molar-refractivity contribution in [3.05, 3.63) is 182 Å². The molecule has 0 aromatic heterocycles. The number of ether oxygens (including phenoxy) is 1. The Morgan fingerprint density at radius 2 is 0.795 bits per heavy atom. The number of rotatable bonds is 13. The molecule has 4 fully saturated rings. The van der Waals surface area contributed by atoms with Gasteiger partial charge in [0, 0.05) is 0 Å². The Kier molecular flexibility index (Phi) is 19.1. The van der Waals surface area contributed by atoms with Crippen molar-refractivity contribution < 1.29 is 66.2 Å². The van der Waals surface area contributed by atoms with Crippen molar-refractivity contribution in [2.45, 2.75) is 105 Å². The zero-order chi connectivity index (χ0) is 53.1. The molecule has 0 amide bonds. The van der Waals surface area contributed by atoms with Gasteiger partial charge in [0.15, 0.2) is 45.6 Å². The van der Waals surface area contributed by atoms with Crippen molar-refractivity contribution >= 4 is 48.0 Å². The van der Waals surface area contributed by atoms with Gasteiger partial charge in [0.25, 0.3) is 5.92 Å². The fourth-order valence-corrected chi connectivity index (χ4v) is 15.0. The Balaban J connectivity index is 0.000000161. The molecule has 0 aliphatic heterocycles. The van der Waals surface area contributed by atoms with E-state index in [-0.39, 0.29) is 21.8 Å². The SMILES string of the molecule is CC(OC(=O)C12CC3CC(CC(C3)C1)C2)C(F)(F)S(=O)(=O)[O-].O=S(=O)([O-])CC(F)(F)CC(F)(F)F.c1ccc([S+](c2ccccc2)c2ccccc2)cc1.c1ccc([S+](c2ccccc2)c2ccccc2)cc1. The molecule has 8 nitrogen and oxygen atoms in total. The second-order valence-corrected chi connectivity index (χ2v) is 25.0. The molecule has 4 saturated carbocycles. The molecular formula is C54H53F7O8S4. The van der Waals surface area contributed by atoms with Gasteiger partial charge in [-0.15, -0.1) is 0 Å². The number of alkyl halides is 7. The summed E-state index contributed by atoms with van der Waals surface area (Å²) < 4.78 is 151. The third kappa shape index (κ3) is 16.4. The fraction of sp³-hybridized carbons (Fsp3) is 0.315. The lowest BCUT2D eigenvalue weighted by atomic mass is 9.49. The minimum absolute atomic E-state index is 0.0146. The molecule has 4 aliphatic carbocycles. The van der Waals surface area contributed by atoms with Crippen LogP contribution in [0.4, 0.5) is 30.7 Å². The summed E-state index contributed by atoms with van der Waals surface area (Å²) in [6.07, 6.45) is -4.97. The highest BCUT2D eigenvalue weighted by atomic mass is 32.2. The number of hydrogen-bond acceptors (Lipinski definition) is 8. The van der Waals surface area contributed by atoms with Crippen LogP contribution in [0, 0.1) is 23.2 Å². The van der Waals surface area contributed by atoms with Crippen LogP contribution in [0.3, 0.4) is 0 Å². The molecule has 0 saturated heterocycles. The van der Waals surface area contributed by atoms with Gasteiger partial charge in [-0.2, -0.15) is 22.0 Å². The second kappa shape index (κ2) is 24.4. The standard InChI is InChI=1S/2C18H15S.C14H20F2O5S.C4H5F5O3S/c2*1-4-10-16(11-5-1)19(17-12-6-2-7-13-17)18-14-8-3-9-15-18;1-8(14(15,16)22(18,19)20)21-12(17)13-5-9-2-10(6-13)4-11(3-9)7-13;5-3(6,1-4(7,8)9)2-13(10,11)12/h2*1-15H;8-11H,2-7H2,1H3,(H,18,19,20);1-2H2,(H,10,11,12)/q2*+1;;/p-2. The van der Waals surface area contributed by atoms with Gasteiger partial charge in [0.1, 0.15) is 22.3 Å². The van der Waals surface area contributed by atoms with Crippen LogP contribution in [0.5, 0.6) is 0 Å². The molecular weight excluding hydrogens is 1040 g/mol. The molecule has 390 valence electrons. The minimum Gasteiger partial charge on any atom is -0.748 e. The van der Waals surface area contributed by atoms with Gasteiger partial charge in [0.05, 0.1) is 27.2 Å². The normalized spacial score (nSPS) is 19.8. The lowest BCUT2D eigenvalue weighted by molar-refractivity contribution is -0.186. The molecule has 0 heterocycles. The van der Waals surface area contributed by atoms with Gasteiger partial charge in [-0.25, -0.2) is 25.6 Å². The molecule has 0 radical (unpaired) electrons. The zero-order valence-electron chi connectivity index (χ0n) is 39.3. The maximum Gasteiger partial charge on any atom is 0.394 e. The molecule has 10 rings (SSSR count). The van der Waals surface area contributed by atoms with Gasteiger partial charge in [-0.05, 0) is 136 Å². The van der Waals surface area contributed by atoms with Crippen molar-refractivity contribution in [3.8, 4) is 0 Å². The Bertz CT molecular complexity index is 2550. The zero-order valence-corrected chi connectivity index (χ0v) is 42.6. The van der Waals surface area contributed by atoms with Crippen LogP contribution in [-0.4, -0.2) is 61.1 Å². The van der Waals surface area contributed by atoms with E-state index in [0.717, 1.165) is 26.2 Å². The molecule has 0 N–H and O–H groups in total. The van der Waals surface area contributed by atoms with Crippen LogP contribution in [-0.2, 0) is 51.6 Å². The van der Waals surface area contributed by atoms with Crippen LogP contribution >= 0.6 is 0 Å². The van der Waals surface area contributed by atoms with Crippen LogP contribution in [0.1, 0.15) is 51.9 Å². The maximum absolute atomic E-state index is 13.5. The van der Waals surface area contributed by atoms with Gasteiger partial charge in [-0.3, -0.25) is 4.79 Å². The molecule has 6 aromatic carbocycles. The highest BCUT2D eigenvalue weighted by Crippen LogP contribution is 2.60. The number of hydrogen-bond donors (Lipinski definition) is 0. The van der Waals surface area contributed by atoms with Crippen LogP contribution in [0.25, 0.3) is 0 Å². The first-order valence-corrected chi connectivity index (χ1v) is 28.5. The first-order chi connectivity index (χ1) is 34.3. The van der Waals surface area contributed by atoms with Gasteiger partial charge in [-0.1, -0.05) is 109 Å². The summed E-state index contributed by atoms with van der Waals surface area (Å²) in [6.45, 7) is 0.758. The van der Waals surface area contributed by atoms with E-state index in [4.69, 9.17) is 4.74 Å². The van der Waals surface area contributed by atoms with Crippen molar-refractivity contribution in [2.24, 2.45) is 23.2 Å². The maximum atomic E-state index is 13.5. The average molecular weight is 1090 g/mol. The number of esters is 1. The summed E-state index contributed by atoms with van der Waals surface area (Å²) in [7, 11) is -11.2. The van der Waals surface area contributed by atoms with E-state index in [1.807, 2.05) is 0 Å². The molecule has 4 bridgehead atoms. The van der Waals surface area contributed by atoms with Crippen LogP contribution in [0.15, 0.2) is 211 Å². The quantitative estimate of drug-likeness (QED) is 0.0482. The fourth-order valence-electron chi connectivity index (χ4n) is 9.68. The van der Waals surface area contributed by atoms with Crippen molar-refractivity contribution in [2.75, 3.05) is 5.75 Å². The third-order valence-corrected chi connectivity index (χ3v) is 18.5. The molecule has 0 spiro atoms. The van der Waals surface area contributed by atoms with Gasteiger partial charge < -0.3 is 13.8 Å². The highest BCUT2D eigenvalue weighted by Gasteiger charge is 2.57. The lowest BCUT2D eigenvalue weighted by Gasteiger charge is -2.55. The molecule has 1 atom stereocenters. The summed E-state index contributed by atoms with van der Waals surface area (Å²) >= 11 is 0. The summed E-state index contributed by atoms with van der Waals surface area (Å²) in [5.41, 5.74) is -0.758. The Hall–Kier alpha value is -5.18. The van der Waals surface area contributed by atoms with E-state index in [0.29, 0.717) is 37.0 Å². The predicted octanol–water partition coefficient (Wildman–Crippen LogP) is 13.0. The van der Waals surface area contributed by atoms with E-state index in [1.165, 1.54) is 29.4 Å². The van der Waals surface area contributed by atoms with Gasteiger partial charge in [0.2, 0.25) is 0 Å². The van der Waals surface area contributed by atoms with E-state index < -0.39 is 67.3 Å². The lowest BCUT2D eigenvalue weighted by Crippen LogP contribution is -2.52. The topological polar surface area (TPSA) is 141 Å². The molecule has 19 heteroatoms. The highest BCUT2D eigenvalue weighted by molar-refractivity contribution is 7.97. The molecule has 73 heavy (non-hydrogen) atoms. The monoisotopic (exact) mass is 1090 g/mol. The largest absolute Gasteiger partial charge is 0.748 e. The van der Waals surface area contributed by atoms with E-state index in [2.05, 4.69) is 182 Å². The van der Waals surface area contributed by atoms with E-state index in [1.54, 1.807) is 0 Å². The third-order valence-electron chi connectivity index (χ3n) is 12.3. The van der Waals surface area contributed by atoms with Gasteiger partial charge >= 0.3 is 17.4 Å². The Morgan fingerprint density at radius 1 is 0.534 bits per heavy atom. The average Bonchev–Trinajstić information content (AvgIpc) is 3.32. The van der Waals surface area contributed by atoms with Crippen molar-refractivity contribution in [3.63, 3.8) is 0 Å². The Labute approximate surface area is 427 Å². The molecule has 1 unspecified atom stereocenters. The molecule has 6 aromatic rings. The smallest absolute Gasteiger partial charge is 0.394 e. The number of benzene rings is 6. The van der Waals surface area contributed by atoms with Crippen molar-refractivity contribution in [1.82, 2.24) is 0 Å². The van der Waals surface area contributed by atoms with Crippen LogP contribution in [0.2, 0.25) is 0 Å². The number of carbonyl (C=O) groups excluding carboxylic acids is 1. The first kappa shape index (κ1) is 57.1. The summed E-state index contributed by atoms with van der Waals surface area (Å²) in [4.78, 5) is 20.6. The summed E-state index contributed by atoms with van der Waals surface area (Å²) in [6, 6.07) is 64.3. The number of carbonyl (C=O) groups is 1. The van der Waals surface area contributed by atoms with E-state index in [9.17, 15) is 61.5 Å². The number of halogens is 7. The first-order valence-electron chi connectivity index (χ1n) is 23.1. The van der Waals surface area contributed by atoms with Crippen LogP contribution < -0.4 is 0 Å². The minimum atomic E-state index is -5.86. The summed E-state index contributed by atoms with van der Waals surface area (Å²) in [5.74, 6) is -6.37. The predicted molar refractivity (Wildman–Crippen MR) is 264 cm³/mol. The summed E-state index contributed by atoms with van der Waals surface area (Å²) in [5, 5.41) is -4.61. The second-order valence-electron chi connectivity index (χ2n) is 18.1. The Morgan fingerprint density at radius 3 is 1.01 bits per heavy atom. The molecule has 4 aliphatic rings.